The average molecular weight is 214 g/mol. The maximum absolute atomic E-state index is 6.04. The lowest BCUT2D eigenvalue weighted by molar-refractivity contribution is 0.394. The molecule has 1 aromatic rings. The lowest BCUT2D eigenvalue weighted by Crippen LogP contribution is -2.29. The van der Waals surface area contributed by atoms with Crippen LogP contribution in [0.1, 0.15) is 25.0 Å². The Morgan fingerprint density at radius 3 is 2.36 bits per heavy atom. The Bertz CT molecular complexity index is 342. The molecule has 0 saturated heterocycles. The summed E-state index contributed by atoms with van der Waals surface area (Å²) >= 11 is 6.04. The van der Waals surface area contributed by atoms with Gasteiger partial charge in [0.2, 0.25) is 0 Å². The second-order valence-electron chi connectivity index (χ2n) is 4.02. The van der Waals surface area contributed by atoms with Gasteiger partial charge in [0, 0.05) is 16.1 Å². The first-order chi connectivity index (χ1) is 6.36. The van der Waals surface area contributed by atoms with E-state index >= 15 is 0 Å². The Balaban J connectivity index is 3.35. The second-order valence-corrected chi connectivity index (χ2v) is 4.43. The SMILES string of the molecule is COc1cc(C)c(Cl)cc1C(C)(C)N. The molecule has 3 heteroatoms. The van der Waals surface area contributed by atoms with Crippen LogP contribution < -0.4 is 10.5 Å². The molecule has 0 aliphatic heterocycles. The molecule has 0 atom stereocenters. The number of benzene rings is 1. The van der Waals surface area contributed by atoms with E-state index in [9.17, 15) is 0 Å². The summed E-state index contributed by atoms with van der Waals surface area (Å²) in [4.78, 5) is 0. The normalized spacial score (nSPS) is 11.6. The summed E-state index contributed by atoms with van der Waals surface area (Å²) in [6.45, 7) is 5.80. The molecule has 1 rings (SSSR count). The Labute approximate surface area is 90.0 Å². The van der Waals surface area contributed by atoms with Gasteiger partial charge in [-0.15, -0.1) is 0 Å². The minimum Gasteiger partial charge on any atom is -0.496 e. The van der Waals surface area contributed by atoms with Crippen molar-refractivity contribution >= 4 is 11.6 Å². The van der Waals surface area contributed by atoms with Crippen LogP contribution in [0.2, 0.25) is 5.02 Å². The van der Waals surface area contributed by atoms with Crippen molar-refractivity contribution in [2.75, 3.05) is 7.11 Å². The maximum Gasteiger partial charge on any atom is 0.124 e. The molecule has 14 heavy (non-hydrogen) atoms. The van der Waals surface area contributed by atoms with E-state index in [4.69, 9.17) is 22.1 Å². The van der Waals surface area contributed by atoms with Crippen LogP contribution in [0.5, 0.6) is 5.75 Å². The molecule has 0 bridgehead atoms. The summed E-state index contributed by atoms with van der Waals surface area (Å²) in [5, 5.41) is 0.722. The first-order valence-electron chi connectivity index (χ1n) is 4.49. The number of hydrogen-bond donors (Lipinski definition) is 1. The monoisotopic (exact) mass is 213 g/mol. The first kappa shape index (κ1) is 11.3. The Morgan fingerprint density at radius 2 is 1.93 bits per heavy atom. The van der Waals surface area contributed by atoms with Gasteiger partial charge in [0.05, 0.1) is 7.11 Å². The zero-order valence-electron chi connectivity index (χ0n) is 9.02. The van der Waals surface area contributed by atoms with Gasteiger partial charge in [-0.25, -0.2) is 0 Å². The van der Waals surface area contributed by atoms with E-state index in [0.717, 1.165) is 21.9 Å². The zero-order chi connectivity index (χ0) is 10.9. The predicted octanol–water partition coefficient (Wildman–Crippen LogP) is 2.85. The van der Waals surface area contributed by atoms with E-state index in [1.54, 1.807) is 7.11 Å². The molecule has 0 aliphatic rings. The topological polar surface area (TPSA) is 35.2 Å². The fourth-order valence-electron chi connectivity index (χ4n) is 1.33. The number of nitrogens with two attached hydrogens (primary N) is 1. The van der Waals surface area contributed by atoms with Gasteiger partial charge in [-0.05, 0) is 38.5 Å². The number of rotatable bonds is 2. The minimum absolute atomic E-state index is 0.442. The standard InChI is InChI=1S/C11H16ClNO/c1-7-5-10(14-4)8(6-9(7)12)11(2,3)13/h5-6H,13H2,1-4H3. The van der Waals surface area contributed by atoms with E-state index in [2.05, 4.69) is 0 Å². The van der Waals surface area contributed by atoms with Gasteiger partial charge in [0.25, 0.3) is 0 Å². The molecule has 78 valence electrons. The number of ether oxygens (including phenoxy) is 1. The largest absolute Gasteiger partial charge is 0.496 e. The highest BCUT2D eigenvalue weighted by atomic mass is 35.5. The van der Waals surface area contributed by atoms with Crippen LogP contribution >= 0.6 is 11.6 Å². The first-order valence-corrected chi connectivity index (χ1v) is 4.87. The van der Waals surface area contributed by atoms with Crippen molar-refractivity contribution in [3.05, 3.63) is 28.3 Å². The third kappa shape index (κ3) is 2.20. The Morgan fingerprint density at radius 1 is 1.36 bits per heavy atom. The predicted molar refractivity (Wildman–Crippen MR) is 60.0 cm³/mol. The van der Waals surface area contributed by atoms with Crippen molar-refractivity contribution in [3.63, 3.8) is 0 Å². The lowest BCUT2D eigenvalue weighted by Gasteiger charge is -2.22. The van der Waals surface area contributed by atoms with Crippen LogP contribution in [-0.4, -0.2) is 7.11 Å². The molecule has 2 N–H and O–H groups in total. The number of aryl methyl sites for hydroxylation is 1. The van der Waals surface area contributed by atoms with Crippen LogP contribution in [0.4, 0.5) is 0 Å². The van der Waals surface area contributed by atoms with E-state index < -0.39 is 5.54 Å². The summed E-state index contributed by atoms with van der Waals surface area (Å²) in [6, 6.07) is 3.78. The fourth-order valence-corrected chi connectivity index (χ4v) is 1.49. The summed E-state index contributed by atoms with van der Waals surface area (Å²) in [5.41, 5.74) is 7.49. The highest BCUT2D eigenvalue weighted by Crippen LogP contribution is 2.32. The Kier molecular flexibility index (Phi) is 3.07. The third-order valence-corrected chi connectivity index (χ3v) is 2.58. The molecule has 1 aromatic carbocycles. The van der Waals surface area contributed by atoms with Crippen LogP contribution in [0.15, 0.2) is 12.1 Å². The second kappa shape index (κ2) is 3.79. The van der Waals surface area contributed by atoms with Crippen molar-refractivity contribution < 1.29 is 4.74 Å². The van der Waals surface area contributed by atoms with Crippen LogP contribution in [0.3, 0.4) is 0 Å². The average Bonchev–Trinajstić information content (AvgIpc) is 2.07. The Hall–Kier alpha value is -0.730. The fraction of sp³-hybridized carbons (Fsp3) is 0.455. The van der Waals surface area contributed by atoms with Gasteiger partial charge in [-0.3, -0.25) is 0 Å². The quantitative estimate of drug-likeness (QED) is 0.820. The van der Waals surface area contributed by atoms with Crippen molar-refractivity contribution in [2.24, 2.45) is 5.73 Å². The molecular weight excluding hydrogens is 198 g/mol. The molecule has 0 radical (unpaired) electrons. The van der Waals surface area contributed by atoms with Crippen LogP contribution in [0.25, 0.3) is 0 Å². The third-order valence-electron chi connectivity index (χ3n) is 2.17. The number of methoxy groups -OCH3 is 1. The van der Waals surface area contributed by atoms with Gasteiger partial charge >= 0.3 is 0 Å². The summed E-state index contributed by atoms with van der Waals surface area (Å²) in [6.07, 6.45) is 0. The molecular formula is C11H16ClNO. The molecule has 0 aliphatic carbocycles. The molecule has 0 unspecified atom stereocenters. The van der Waals surface area contributed by atoms with Crippen molar-refractivity contribution in [1.82, 2.24) is 0 Å². The highest BCUT2D eigenvalue weighted by molar-refractivity contribution is 6.31. The minimum atomic E-state index is -0.442. The zero-order valence-corrected chi connectivity index (χ0v) is 9.77. The van der Waals surface area contributed by atoms with E-state index in [1.807, 2.05) is 32.9 Å². The van der Waals surface area contributed by atoms with Crippen LogP contribution in [0, 0.1) is 6.92 Å². The molecule has 0 saturated carbocycles. The molecule has 2 nitrogen and oxygen atoms in total. The van der Waals surface area contributed by atoms with Gasteiger partial charge in [-0.2, -0.15) is 0 Å². The van der Waals surface area contributed by atoms with Crippen molar-refractivity contribution in [3.8, 4) is 5.75 Å². The molecule has 0 spiro atoms. The molecule has 0 amide bonds. The van der Waals surface area contributed by atoms with E-state index in [-0.39, 0.29) is 0 Å². The summed E-state index contributed by atoms with van der Waals surface area (Å²) in [5.74, 6) is 0.791. The highest BCUT2D eigenvalue weighted by Gasteiger charge is 2.20. The smallest absolute Gasteiger partial charge is 0.124 e. The molecule has 0 heterocycles. The van der Waals surface area contributed by atoms with Gasteiger partial charge in [-0.1, -0.05) is 11.6 Å². The van der Waals surface area contributed by atoms with E-state index in [1.165, 1.54) is 0 Å². The number of hydrogen-bond acceptors (Lipinski definition) is 2. The lowest BCUT2D eigenvalue weighted by atomic mass is 9.93. The summed E-state index contributed by atoms with van der Waals surface area (Å²) < 4.78 is 5.27. The van der Waals surface area contributed by atoms with E-state index in [0.29, 0.717) is 0 Å². The maximum atomic E-state index is 6.04. The molecule has 0 aromatic heterocycles. The van der Waals surface area contributed by atoms with Gasteiger partial charge in [0.15, 0.2) is 0 Å². The molecule has 0 fully saturated rings. The van der Waals surface area contributed by atoms with Crippen LogP contribution in [-0.2, 0) is 5.54 Å². The van der Waals surface area contributed by atoms with Crippen molar-refractivity contribution in [2.45, 2.75) is 26.3 Å². The summed E-state index contributed by atoms with van der Waals surface area (Å²) in [7, 11) is 1.64. The number of halogens is 1. The van der Waals surface area contributed by atoms with Gasteiger partial charge < -0.3 is 10.5 Å². The van der Waals surface area contributed by atoms with Crippen molar-refractivity contribution in [1.29, 1.82) is 0 Å². The van der Waals surface area contributed by atoms with Gasteiger partial charge in [0.1, 0.15) is 5.75 Å².